The number of amides is 2. The van der Waals surface area contributed by atoms with Crippen LogP contribution in [0, 0.1) is 5.92 Å². The molecule has 1 rings (SSSR count). The summed E-state index contributed by atoms with van der Waals surface area (Å²) >= 11 is 0. The number of primary amides is 1. The predicted octanol–water partition coefficient (Wildman–Crippen LogP) is -0.386. The van der Waals surface area contributed by atoms with E-state index >= 15 is 0 Å². The second-order valence-electron chi connectivity index (χ2n) is 4.16. The maximum Gasteiger partial charge on any atom is 0.239 e. The fourth-order valence-corrected chi connectivity index (χ4v) is 1.92. The standard InChI is InChI=1S/C11H19N3O2/c1-2-4-9(12)11(16)14-6-3-5-8(7-14)10(13)15/h2,8-9H,1,3-7,12H2,(H2,13,15). The maximum atomic E-state index is 11.9. The molecule has 0 saturated carbocycles. The molecule has 1 heterocycles. The van der Waals surface area contributed by atoms with E-state index in [-0.39, 0.29) is 17.7 Å². The average Bonchev–Trinajstić information content (AvgIpc) is 2.28. The van der Waals surface area contributed by atoms with Crippen LogP contribution in [0.2, 0.25) is 0 Å². The van der Waals surface area contributed by atoms with Gasteiger partial charge >= 0.3 is 0 Å². The number of likely N-dealkylation sites (tertiary alicyclic amines) is 1. The lowest BCUT2D eigenvalue weighted by Crippen LogP contribution is -2.49. The lowest BCUT2D eigenvalue weighted by molar-refractivity contribution is -0.136. The summed E-state index contributed by atoms with van der Waals surface area (Å²) in [4.78, 5) is 24.5. The monoisotopic (exact) mass is 225 g/mol. The van der Waals surface area contributed by atoms with Crippen LogP contribution in [-0.4, -0.2) is 35.8 Å². The van der Waals surface area contributed by atoms with Gasteiger partial charge in [-0.1, -0.05) is 6.08 Å². The van der Waals surface area contributed by atoms with Crippen molar-refractivity contribution in [1.29, 1.82) is 0 Å². The second-order valence-corrected chi connectivity index (χ2v) is 4.16. The van der Waals surface area contributed by atoms with Crippen LogP contribution in [0.4, 0.5) is 0 Å². The van der Waals surface area contributed by atoms with Gasteiger partial charge in [0.05, 0.1) is 12.0 Å². The zero-order chi connectivity index (χ0) is 12.1. The van der Waals surface area contributed by atoms with Gasteiger partial charge in [-0.15, -0.1) is 6.58 Å². The lowest BCUT2D eigenvalue weighted by atomic mass is 9.97. The van der Waals surface area contributed by atoms with Gasteiger partial charge in [0.15, 0.2) is 0 Å². The zero-order valence-corrected chi connectivity index (χ0v) is 9.39. The Morgan fingerprint density at radius 1 is 1.56 bits per heavy atom. The minimum Gasteiger partial charge on any atom is -0.369 e. The van der Waals surface area contributed by atoms with Crippen LogP contribution in [0.3, 0.4) is 0 Å². The first-order valence-electron chi connectivity index (χ1n) is 5.50. The summed E-state index contributed by atoms with van der Waals surface area (Å²) in [5, 5.41) is 0. The topological polar surface area (TPSA) is 89.4 Å². The van der Waals surface area contributed by atoms with Gasteiger partial charge in [0.2, 0.25) is 11.8 Å². The van der Waals surface area contributed by atoms with E-state index in [1.54, 1.807) is 11.0 Å². The van der Waals surface area contributed by atoms with E-state index in [0.717, 1.165) is 12.8 Å². The molecule has 5 nitrogen and oxygen atoms in total. The van der Waals surface area contributed by atoms with Crippen molar-refractivity contribution in [3.8, 4) is 0 Å². The molecule has 1 fully saturated rings. The van der Waals surface area contributed by atoms with Gasteiger partial charge in [0.25, 0.3) is 0 Å². The molecule has 1 aliphatic rings. The highest BCUT2D eigenvalue weighted by Gasteiger charge is 2.28. The van der Waals surface area contributed by atoms with E-state index in [2.05, 4.69) is 6.58 Å². The minimum absolute atomic E-state index is 0.120. The Morgan fingerprint density at radius 3 is 2.81 bits per heavy atom. The zero-order valence-electron chi connectivity index (χ0n) is 9.39. The van der Waals surface area contributed by atoms with Gasteiger partial charge < -0.3 is 16.4 Å². The fraction of sp³-hybridized carbons (Fsp3) is 0.636. The molecule has 1 saturated heterocycles. The number of carbonyl (C=O) groups is 2. The summed E-state index contributed by atoms with van der Waals surface area (Å²) in [5.74, 6) is -0.686. The second kappa shape index (κ2) is 5.65. The largest absolute Gasteiger partial charge is 0.369 e. The van der Waals surface area contributed by atoms with Crippen LogP contribution in [0.1, 0.15) is 19.3 Å². The van der Waals surface area contributed by atoms with Crippen LogP contribution in [-0.2, 0) is 9.59 Å². The number of piperidine rings is 1. The number of nitrogens with two attached hydrogens (primary N) is 2. The van der Waals surface area contributed by atoms with E-state index < -0.39 is 6.04 Å². The number of carbonyl (C=O) groups excluding carboxylic acids is 2. The minimum atomic E-state index is -0.552. The molecule has 0 aromatic rings. The third-order valence-corrected chi connectivity index (χ3v) is 2.87. The molecule has 0 aliphatic carbocycles. The van der Waals surface area contributed by atoms with Crippen molar-refractivity contribution in [2.75, 3.05) is 13.1 Å². The third-order valence-electron chi connectivity index (χ3n) is 2.87. The molecule has 1 aliphatic heterocycles. The summed E-state index contributed by atoms with van der Waals surface area (Å²) in [6.45, 7) is 4.61. The van der Waals surface area contributed by atoms with Crippen molar-refractivity contribution < 1.29 is 9.59 Å². The lowest BCUT2D eigenvalue weighted by Gasteiger charge is -2.32. The molecule has 0 aromatic heterocycles. The molecule has 5 heteroatoms. The van der Waals surface area contributed by atoms with Crippen LogP contribution in [0.5, 0.6) is 0 Å². The molecule has 2 amide bonds. The van der Waals surface area contributed by atoms with Crippen molar-refractivity contribution in [3.05, 3.63) is 12.7 Å². The van der Waals surface area contributed by atoms with E-state index in [9.17, 15) is 9.59 Å². The van der Waals surface area contributed by atoms with Gasteiger partial charge in [-0.25, -0.2) is 0 Å². The smallest absolute Gasteiger partial charge is 0.239 e. The SMILES string of the molecule is C=CCC(N)C(=O)N1CCCC(C(N)=O)C1. The molecule has 0 spiro atoms. The van der Waals surface area contributed by atoms with Gasteiger partial charge in [0, 0.05) is 13.1 Å². The highest BCUT2D eigenvalue weighted by atomic mass is 16.2. The Kier molecular flexibility index (Phi) is 4.49. The highest BCUT2D eigenvalue weighted by Crippen LogP contribution is 2.16. The van der Waals surface area contributed by atoms with Crippen LogP contribution < -0.4 is 11.5 Å². The molecule has 0 radical (unpaired) electrons. The Labute approximate surface area is 95.5 Å². The molecule has 2 unspecified atom stereocenters. The molecule has 90 valence electrons. The molecule has 2 atom stereocenters. The van der Waals surface area contributed by atoms with Crippen LogP contribution in [0.15, 0.2) is 12.7 Å². The summed E-state index contributed by atoms with van der Waals surface area (Å²) in [7, 11) is 0. The molecule has 16 heavy (non-hydrogen) atoms. The first-order chi connectivity index (χ1) is 7.56. The molecular weight excluding hydrogens is 206 g/mol. The van der Waals surface area contributed by atoms with E-state index in [4.69, 9.17) is 11.5 Å². The van der Waals surface area contributed by atoms with E-state index in [0.29, 0.717) is 19.5 Å². The molecule has 4 N–H and O–H groups in total. The normalized spacial score (nSPS) is 22.6. The Bertz CT molecular complexity index is 291. The fourth-order valence-electron chi connectivity index (χ4n) is 1.92. The van der Waals surface area contributed by atoms with Gasteiger partial charge in [-0.3, -0.25) is 9.59 Å². The number of rotatable bonds is 4. The quantitative estimate of drug-likeness (QED) is 0.639. The van der Waals surface area contributed by atoms with Crippen molar-refractivity contribution in [2.24, 2.45) is 17.4 Å². The first-order valence-corrected chi connectivity index (χ1v) is 5.50. The predicted molar refractivity (Wildman–Crippen MR) is 61.3 cm³/mol. The summed E-state index contributed by atoms with van der Waals surface area (Å²) < 4.78 is 0. The van der Waals surface area contributed by atoms with Crippen LogP contribution >= 0.6 is 0 Å². The van der Waals surface area contributed by atoms with Crippen molar-refractivity contribution in [1.82, 2.24) is 4.90 Å². The number of hydrogen-bond acceptors (Lipinski definition) is 3. The Hall–Kier alpha value is -1.36. The third kappa shape index (κ3) is 3.06. The Balaban J connectivity index is 2.56. The molecular formula is C11H19N3O2. The van der Waals surface area contributed by atoms with E-state index in [1.807, 2.05) is 0 Å². The number of hydrogen-bond donors (Lipinski definition) is 2. The molecule has 0 bridgehead atoms. The van der Waals surface area contributed by atoms with Gasteiger partial charge in [-0.05, 0) is 19.3 Å². The van der Waals surface area contributed by atoms with Crippen LogP contribution in [0.25, 0.3) is 0 Å². The summed E-state index contributed by atoms with van der Waals surface area (Å²) in [5.41, 5.74) is 10.9. The maximum absolute atomic E-state index is 11.9. The summed E-state index contributed by atoms with van der Waals surface area (Å²) in [6.07, 6.45) is 3.64. The number of nitrogens with zero attached hydrogens (tertiary/aromatic N) is 1. The first kappa shape index (κ1) is 12.7. The van der Waals surface area contributed by atoms with Gasteiger partial charge in [0.1, 0.15) is 0 Å². The Morgan fingerprint density at radius 2 is 2.25 bits per heavy atom. The van der Waals surface area contributed by atoms with E-state index in [1.165, 1.54) is 0 Å². The average molecular weight is 225 g/mol. The van der Waals surface area contributed by atoms with Crippen molar-refractivity contribution in [2.45, 2.75) is 25.3 Å². The molecule has 0 aromatic carbocycles. The highest BCUT2D eigenvalue weighted by molar-refractivity contribution is 5.83. The van der Waals surface area contributed by atoms with Gasteiger partial charge in [-0.2, -0.15) is 0 Å². The van der Waals surface area contributed by atoms with Crippen molar-refractivity contribution >= 4 is 11.8 Å². The van der Waals surface area contributed by atoms with Crippen molar-refractivity contribution in [3.63, 3.8) is 0 Å². The summed E-state index contributed by atoms with van der Waals surface area (Å²) in [6, 6.07) is -0.552.